The molecule has 1 aliphatic rings. The summed E-state index contributed by atoms with van der Waals surface area (Å²) in [6.45, 7) is 0.804. The van der Waals surface area contributed by atoms with E-state index in [2.05, 4.69) is 10.6 Å². The van der Waals surface area contributed by atoms with Gasteiger partial charge in [0, 0.05) is 30.5 Å². The molecular formula is C16H21ClN2O2. The van der Waals surface area contributed by atoms with Crippen molar-refractivity contribution in [3.8, 4) is 0 Å². The van der Waals surface area contributed by atoms with Crippen molar-refractivity contribution < 1.29 is 9.59 Å². The molecule has 114 valence electrons. The van der Waals surface area contributed by atoms with E-state index >= 15 is 0 Å². The third-order valence-corrected chi connectivity index (χ3v) is 4.18. The SMILES string of the molecule is O=C(CCNC(=O)C1CCCC1)NCc1ccccc1Cl. The molecule has 0 unspecified atom stereocenters. The molecule has 21 heavy (non-hydrogen) atoms. The second-order valence-electron chi connectivity index (χ2n) is 5.39. The molecule has 0 aliphatic heterocycles. The van der Waals surface area contributed by atoms with Gasteiger partial charge in [-0.25, -0.2) is 0 Å². The summed E-state index contributed by atoms with van der Waals surface area (Å²) in [7, 11) is 0. The van der Waals surface area contributed by atoms with Gasteiger partial charge >= 0.3 is 0 Å². The van der Waals surface area contributed by atoms with Crippen molar-refractivity contribution in [2.45, 2.75) is 38.6 Å². The van der Waals surface area contributed by atoms with Gasteiger partial charge in [0.1, 0.15) is 0 Å². The Morgan fingerprint density at radius 2 is 1.86 bits per heavy atom. The molecule has 0 aromatic heterocycles. The first-order valence-corrected chi connectivity index (χ1v) is 7.82. The number of carbonyl (C=O) groups is 2. The Bertz CT molecular complexity index is 499. The number of benzene rings is 1. The quantitative estimate of drug-likeness (QED) is 0.849. The van der Waals surface area contributed by atoms with Crippen LogP contribution in [0.1, 0.15) is 37.7 Å². The van der Waals surface area contributed by atoms with Crippen molar-refractivity contribution in [1.82, 2.24) is 10.6 Å². The van der Waals surface area contributed by atoms with Crippen LogP contribution in [0.25, 0.3) is 0 Å². The lowest BCUT2D eigenvalue weighted by Crippen LogP contribution is -2.33. The summed E-state index contributed by atoms with van der Waals surface area (Å²) in [6, 6.07) is 7.41. The van der Waals surface area contributed by atoms with Gasteiger partial charge in [0.2, 0.25) is 11.8 Å². The first kappa shape index (κ1) is 15.8. The highest BCUT2D eigenvalue weighted by Crippen LogP contribution is 2.24. The minimum atomic E-state index is -0.0818. The minimum absolute atomic E-state index is 0.0818. The van der Waals surface area contributed by atoms with Crippen LogP contribution in [0, 0.1) is 5.92 Å². The average Bonchev–Trinajstić information content (AvgIpc) is 3.00. The van der Waals surface area contributed by atoms with E-state index in [4.69, 9.17) is 11.6 Å². The Labute approximate surface area is 130 Å². The third kappa shape index (κ3) is 5.05. The number of amides is 2. The second kappa shape index (κ2) is 8.03. The van der Waals surface area contributed by atoms with Crippen LogP contribution >= 0.6 is 11.6 Å². The maximum atomic E-state index is 11.8. The summed E-state index contributed by atoms with van der Waals surface area (Å²) < 4.78 is 0. The molecule has 1 aromatic rings. The van der Waals surface area contributed by atoms with E-state index in [-0.39, 0.29) is 17.7 Å². The molecule has 0 radical (unpaired) electrons. The van der Waals surface area contributed by atoms with E-state index in [1.807, 2.05) is 18.2 Å². The monoisotopic (exact) mass is 308 g/mol. The van der Waals surface area contributed by atoms with Gasteiger partial charge in [-0.2, -0.15) is 0 Å². The van der Waals surface area contributed by atoms with Crippen LogP contribution in [-0.4, -0.2) is 18.4 Å². The largest absolute Gasteiger partial charge is 0.355 e. The minimum Gasteiger partial charge on any atom is -0.355 e. The summed E-state index contributed by atoms with van der Waals surface area (Å²) in [5.41, 5.74) is 0.891. The van der Waals surface area contributed by atoms with E-state index in [9.17, 15) is 9.59 Å². The summed E-state index contributed by atoms with van der Waals surface area (Å²) in [5.74, 6) is 0.157. The first-order chi connectivity index (χ1) is 10.2. The zero-order valence-electron chi connectivity index (χ0n) is 12.0. The van der Waals surface area contributed by atoms with Crippen molar-refractivity contribution in [3.05, 3.63) is 34.9 Å². The number of hydrogen-bond acceptors (Lipinski definition) is 2. The molecule has 2 rings (SSSR count). The maximum absolute atomic E-state index is 11.8. The molecule has 0 heterocycles. The topological polar surface area (TPSA) is 58.2 Å². The fourth-order valence-electron chi connectivity index (χ4n) is 2.56. The second-order valence-corrected chi connectivity index (χ2v) is 5.80. The fourth-order valence-corrected chi connectivity index (χ4v) is 2.76. The Morgan fingerprint density at radius 1 is 1.14 bits per heavy atom. The highest BCUT2D eigenvalue weighted by atomic mass is 35.5. The molecule has 1 saturated carbocycles. The Morgan fingerprint density at radius 3 is 2.57 bits per heavy atom. The Hall–Kier alpha value is -1.55. The lowest BCUT2D eigenvalue weighted by Gasteiger charge is -2.10. The van der Waals surface area contributed by atoms with Gasteiger partial charge in [0.05, 0.1) is 0 Å². The van der Waals surface area contributed by atoms with Crippen molar-refractivity contribution >= 4 is 23.4 Å². The van der Waals surface area contributed by atoms with Crippen LogP contribution in [-0.2, 0) is 16.1 Å². The Balaban J connectivity index is 1.63. The van der Waals surface area contributed by atoms with Crippen LogP contribution in [0.3, 0.4) is 0 Å². The standard InChI is InChI=1S/C16H21ClN2O2/c17-14-8-4-3-7-13(14)11-19-15(20)9-10-18-16(21)12-5-1-2-6-12/h3-4,7-8,12H,1-2,5-6,9-11H2,(H,18,21)(H,19,20). The van der Waals surface area contributed by atoms with Crippen molar-refractivity contribution in [2.75, 3.05) is 6.54 Å². The van der Waals surface area contributed by atoms with Crippen LogP contribution in [0.5, 0.6) is 0 Å². The molecule has 2 amide bonds. The summed E-state index contributed by atoms with van der Waals surface area (Å²) in [5, 5.41) is 6.29. The lowest BCUT2D eigenvalue weighted by molar-refractivity contribution is -0.125. The molecule has 2 N–H and O–H groups in total. The highest BCUT2D eigenvalue weighted by Gasteiger charge is 2.22. The smallest absolute Gasteiger partial charge is 0.223 e. The van der Waals surface area contributed by atoms with Crippen LogP contribution in [0.4, 0.5) is 0 Å². The molecule has 0 spiro atoms. The fraction of sp³-hybridized carbons (Fsp3) is 0.500. The Kier molecular flexibility index (Phi) is 6.05. The number of halogens is 1. The molecule has 1 aromatic carbocycles. The number of hydrogen-bond donors (Lipinski definition) is 2. The molecule has 1 aliphatic carbocycles. The molecule has 1 fully saturated rings. The van der Waals surface area contributed by atoms with Gasteiger partial charge in [-0.15, -0.1) is 0 Å². The van der Waals surface area contributed by atoms with Gasteiger partial charge in [0.25, 0.3) is 0 Å². The van der Waals surface area contributed by atoms with E-state index in [0.717, 1.165) is 31.2 Å². The van der Waals surface area contributed by atoms with Gasteiger partial charge in [0.15, 0.2) is 0 Å². The summed E-state index contributed by atoms with van der Waals surface area (Å²) >= 11 is 6.02. The molecule has 4 nitrogen and oxygen atoms in total. The molecular weight excluding hydrogens is 288 g/mol. The van der Waals surface area contributed by atoms with Crippen molar-refractivity contribution in [1.29, 1.82) is 0 Å². The van der Waals surface area contributed by atoms with E-state index in [1.54, 1.807) is 6.07 Å². The number of nitrogens with one attached hydrogen (secondary N) is 2. The van der Waals surface area contributed by atoms with Gasteiger partial charge in [-0.05, 0) is 24.5 Å². The molecule has 0 atom stereocenters. The normalized spacial score (nSPS) is 14.9. The molecule has 5 heteroatoms. The summed E-state index contributed by atoms with van der Waals surface area (Å²) in [4.78, 5) is 23.5. The van der Waals surface area contributed by atoms with Crippen LogP contribution < -0.4 is 10.6 Å². The average molecular weight is 309 g/mol. The van der Waals surface area contributed by atoms with Gasteiger partial charge < -0.3 is 10.6 Å². The van der Waals surface area contributed by atoms with Crippen LogP contribution in [0.2, 0.25) is 5.02 Å². The zero-order valence-corrected chi connectivity index (χ0v) is 12.8. The molecule has 0 bridgehead atoms. The maximum Gasteiger partial charge on any atom is 0.223 e. The number of carbonyl (C=O) groups excluding carboxylic acids is 2. The van der Waals surface area contributed by atoms with Gasteiger partial charge in [-0.3, -0.25) is 9.59 Å². The van der Waals surface area contributed by atoms with E-state index in [1.165, 1.54) is 0 Å². The van der Waals surface area contributed by atoms with Crippen LogP contribution in [0.15, 0.2) is 24.3 Å². The van der Waals surface area contributed by atoms with Crippen molar-refractivity contribution in [3.63, 3.8) is 0 Å². The van der Waals surface area contributed by atoms with E-state index in [0.29, 0.717) is 24.5 Å². The zero-order chi connectivity index (χ0) is 15.1. The summed E-state index contributed by atoms with van der Waals surface area (Å²) in [6.07, 6.45) is 4.52. The van der Waals surface area contributed by atoms with Gasteiger partial charge in [-0.1, -0.05) is 42.6 Å². The first-order valence-electron chi connectivity index (χ1n) is 7.44. The highest BCUT2D eigenvalue weighted by molar-refractivity contribution is 6.31. The predicted octanol–water partition coefficient (Wildman–Crippen LogP) is 2.65. The van der Waals surface area contributed by atoms with E-state index < -0.39 is 0 Å². The predicted molar refractivity (Wildman–Crippen MR) is 82.9 cm³/mol. The number of rotatable bonds is 6. The third-order valence-electron chi connectivity index (χ3n) is 3.81. The molecule has 0 saturated heterocycles. The van der Waals surface area contributed by atoms with Crippen molar-refractivity contribution in [2.24, 2.45) is 5.92 Å². The lowest BCUT2D eigenvalue weighted by atomic mass is 10.1.